The average molecular weight is 345 g/mol. The van der Waals surface area contributed by atoms with Crippen LogP contribution in [0, 0.1) is 20.8 Å². The van der Waals surface area contributed by atoms with Crippen LogP contribution in [0.1, 0.15) is 45.6 Å². The second-order valence-corrected chi connectivity index (χ2v) is 6.59. The molecule has 0 aliphatic heterocycles. The number of hydrogen-bond acceptors (Lipinski definition) is 4. The lowest BCUT2D eigenvalue weighted by Gasteiger charge is -2.15. The van der Waals surface area contributed by atoms with Gasteiger partial charge in [0.25, 0.3) is 0 Å². The van der Waals surface area contributed by atoms with Crippen molar-refractivity contribution in [1.29, 1.82) is 0 Å². The second kappa shape index (κ2) is 8.29. The highest BCUT2D eigenvalue weighted by molar-refractivity contribution is 7.33. The number of hydrogen-bond donors (Lipinski definition) is 0. The van der Waals surface area contributed by atoms with Gasteiger partial charge in [-0.1, -0.05) is 48.0 Å². The first-order chi connectivity index (χ1) is 11.4. The van der Waals surface area contributed by atoms with E-state index in [0.29, 0.717) is 11.1 Å². The summed E-state index contributed by atoms with van der Waals surface area (Å²) in [5.74, 6) is -0.209. The summed E-state index contributed by atoms with van der Waals surface area (Å²) in [6, 6.07) is 13.0. The molecule has 0 saturated heterocycles. The molecule has 0 spiro atoms. The summed E-state index contributed by atoms with van der Waals surface area (Å²) in [5, 5.41) is 0. The van der Waals surface area contributed by atoms with Crippen molar-refractivity contribution in [2.75, 3.05) is 6.61 Å². The van der Waals surface area contributed by atoms with Gasteiger partial charge < -0.3 is 0 Å². The number of aryl methyl sites for hydroxylation is 3. The molecule has 4 nitrogen and oxygen atoms in total. The molecule has 2 atom stereocenters. The van der Waals surface area contributed by atoms with Gasteiger partial charge >= 0.3 is 8.25 Å². The highest BCUT2D eigenvalue weighted by atomic mass is 31.1. The quantitative estimate of drug-likeness (QED) is 0.508. The lowest BCUT2D eigenvalue weighted by molar-refractivity contribution is 0.0767. The van der Waals surface area contributed by atoms with Crippen molar-refractivity contribution in [2.45, 2.75) is 33.8 Å². The Hall–Kier alpha value is -1.87. The van der Waals surface area contributed by atoms with Gasteiger partial charge in [0.1, 0.15) is 6.61 Å². The number of carbonyl (C=O) groups excluding carboxylic acids is 1. The number of ketones is 1. The number of rotatable bonds is 7. The fourth-order valence-electron chi connectivity index (χ4n) is 2.81. The van der Waals surface area contributed by atoms with Crippen LogP contribution in [-0.4, -0.2) is 12.4 Å². The molecule has 2 aromatic carbocycles. The summed E-state index contributed by atoms with van der Waals surface area (Å²) in [5.41, 5.74) is 4.13. The molecule has 0 bridgehead atoms. The standard InChI is InChI=1S/C19H22O4P/c1-5-22-24(21)23-19(16-9-7-6-8-10-16)18(20)17-14(3)11-13(2)12-15(17)4/h6-12,19H,5H2,1-4H3/q+1. The molecule has 0 fully saturated rings. The number of benzene rings is 2. The molecular formula is C19H22O4P+. The van der Waals surface area contributed by atoms with Crippen LogP contribution in [0.4, 0.5) is 0 Å². The van der Waals surface area contributed by atoms with E-state index >= 15 is 0 Å². The van der Waals surface area contributed by atoms with Gasteiger partial charge in [0.2, 0.25) is 11.9 Å². The zero-order valence-corrected chi connectivity index (χ0v) is 15.3. The maximum Gasteiger partial charge on any atom is 0.698 e. The van der Waals surface area contributed by atoms with Crippen molar-refractivity contribution in [3.63, 3.8) is 0 Å². The molecule has 0 radical (unpaired) electrons. The van der Waals surface area contributed by atoms with Crippen molar-refractivity contribution in [2.24, 2.45) is 0 Å². The Bertz CT molecular complexity index is 717. The van der Waals surface area contributed by atoms with Crippen LogP contribution in [-0.2, 0) is 13.6 Å². The highest BCUT2D eigenvalue weighted by Crippen LogP contribution is 2.36. The van der Waals surface area contributed by atoms with Gasteiger partial charge in [-0.3, -0.25) is 4.79 Å². The van der Waals surface area contributed by atoms with E-state index in [0.717, 1.165) is 16.7 Å². The van der Waals surface area contributed by atoms with E-state index in [4.69, 9.17) is 9.05 Å². The Morgan fingerprint density at radius 2 is 1.67 bits per heavy atom. The molecule has 24 heavy (non-hydrogen) atoms. The first-order valence-electron chi connectivity index (χ1n) is 7.88. The third-order valence-corrected chi connectivity index (χ3v) is 4.54. The molecule has 0 saturated carbocycles. The maximum absolute atomic E-state index is 13.1. The molecule has 0 amide bonds. The molecule has 5 heteroatoms. The van der Waals surface area contributed by atoms with E-state index in [-0.39, 0.29) is 12.4 Å². The fraction of sp³-hybridized carbons (Fsp3) is 0.316. The first kappa shape index (κ1) is 18.5. The molecule has 0 aromatic heterocycles. The fourth-order valence-corrected chi connectivity index (χ4v) is 3.47. The summed E-state index contributed by atoms with van der Waals surface area (Å²) in [4.78, 5) is 13.1. The molecular weight excluding hydrogens is 323 g/mol. The van der Waals surface area contributed by atoms with E-state index in [1.54, 1.807) is 19.1 Å². The molecule has 0 N–H and O–H groups in total. The van der Waals surface area contributed by atoms with Crippen molar-refractivity contribution in [3.05, 3.63) is 70.3 Å². The van der Waals surface area contributed by atoms with E-state index < -0.39 is 14.4 Å². The second-order valence-electron chi connectivity index (χ2n) is 5.68. The summed E-state index contributed by atoms with van der Waals surface area (Å²) in [6.45, 7) is 7.78. The molecule has 126 valence electrons. The van der Waals surface area contributed by atoms with Crippen LogP contribution in [0.2, 0.25) is 0 Å². The van der Waals surface area contributed by atoms with Gasteiger partial charge in [-0.15, -0.1) is 9.05 Å². The molecule has 2 unspecified atom stereocenters. The highest BCUT2D eigenvalue weighted by Gasteiger charge is 2.35. The van der Waals surface area contributed by atoms with Crippen LogP contribution in [0.25, 0.3) is 0 Å². The predicted octanol–water partition coefficient (Wildman–Crippen LogP) is 5.25. The minimum Gasteiger partial charge on any atom is -0.291 e. The minimum absolute atomic E-state index is 0.209. The number of carbonyl (C=O) groups is 1. The van der Waals surface area contributed by atoms with Crippen LogP contribution < -0.4 is 0 Å². The van der Waals surface area contributed by atoms with E-state index in [2.05, 4.69) is 0 Å². The average Bonchev–Trinajstić information content (AvgIpc) is 2.52. The van der Waals surface area contributed by atoms with Gasteiger partial charge in [0.05, 0.1) is 0 Å². The van der Waals surface area contributed by atoms with Crippen molar-refractivity contribution in [3.8, 4) is 0 Å². The van der Waals surface area contributed by atoms with Crippen LogP contribution in [0.5, 0.6) is 0 Å². The van der Waals surface area contributed by atoms with Crippen molar-refractivity contribution < 1.29 is 18.4 Å². The summed E-state index contributed by atoms with van der Waals surface area (Å²) in [7, 11) is -2.36. The van der Waals surface area contributed by atoms with Crippen molar-refractivity contribution >= 4 is 14.0 Å². The zero-order valence-electron chi connectivity index (χ0n) is 14.4. The maximum atomic E-state index is 13.1. The van der Waals surface area contributed by atoms with Gasteiger partial charge in [-0.25, -0.2) is 0 Å². The van der Waals surface area contributed by atoms with Crippen LogP contribution >= 0.6 is 8.25 Å². The summed E-state index contributed by atoms with van der Waals surface area (Å²) >= 11 is 0. The monoisotopic (exact) mass is 345 g/mol. The number of Topliss-reactive ketones (excluding diaryl/α,β-unsaturated/α-hetero) is 1. The van der Waals surface area contributed by atoms with Crippen LogP contribution in [0.3, 0.4) is 0 Å². The van der Waals surface area contributed by atoms with E-state index in [1.165, 1.54) is 0 Å². The smallest absolute Gasteiger partial charge is 0.291 e. The van der Waals surface area contributed by atoms with Gasteiger partial charge in [0.15, 0.2) is 0 Å². The van der Waals surface area contributed by atoms with Gasteiger partial charge in [-0.2, -0.15) is 0 Å². The molecule has 0 aliphatic carbocycles. The van der Waals surface area contributed by atoms with Crippen molar-refractivity contribution in [1.82, 2.24) is 0 Å². The summed E-state index contributed by atoms with van der Waals surface area (Å²) < 4.78 is 22.4. The first-order valence-corrected chi connectivity index (χ1v) is 8.97. The van der Waals surface area contributed by atoms with E-state index in [9.17, 15) is 9.36 Å². The van der Waals surface area contributed by atoms with E-state index in [1.807, 2.05) is 51.1 Å². The van der Waals surface area contributed by atoms with Gasteiger partial charge in [-0.05, 0) is 44.4 Å². The lowest BCUT2D eigenvalue weighted by atomic mass is 9.92. The molecule has 2 aromatic rings. The zero-order chi connectivity index (χ0) is 17.7. The topological polar surface area (TPSA) is 52.6 Å². The SMILES string of the molecule is CCO[P+](=O)OC(C(=O)c1c(C)cc(C)cc1C)c1ccccc1. The summed E-state index contributed by atoms with van der Waals surface area (Å²) in [6.07, 6.45) is -0.957. The third-order valence-electron chi connectivity index (χ3n) is 3.69. The Kier molecular flexibility index (Phi) is 6.38. The Morgan fingerprint density at radius 3 is 2.21 bits per heavy atom. The molecule has 0 aliphatic rings. The Labute approximate surface area is 143 Å². The van der Waals surface area contributed by atoms with Crippen LogP contribution in [0.15, 0.2) is 42.5 Å². The Morgan fingerprint density at radius 1 is 1.08 bits per heavy atom. The molecule has 2 rings (SSSR count). The third kappa shape index (κ3) is 4.35. The predicted molar refractivity (Wildman–Crippen MR) is 94.5 cm³/mol. The Balaban J connectivity index is 2.44. The minimum atomic E-state index is -2.36. The normalized spacial score (nSPS) is 12.8. The van der Waals surface area contributed by atoms with Gasteiger partial charge in [0, 0.05) is 10.1 Å². The molecule has 0 heterocycles. The largest absolute Gasteiger partial charge is 0.698 e. The lowest BCUT2D eigenvalue weighted by Crippen LogP contribution is -2.17.